The summed E-state index contributed by atoms with van der Waals surface area (Å²) >= 11 is 0. The van der Waals surface area contributed by atoms with Crippen molar-refractivity contribution < 1.29 is 0 Å². The molecule has 3 rings (SSSR count). The number of nitrogens with zero attached hydrogens (tertiary/aromatic N) is 3. The number of rotatable bonds is 1. The maximum atomic E-state index is 4.40. The van der Waals surface area contributed by atoms with Crippen LogP contribution in [-0.4, -0.2) is 15.6 Å². The molecule has 1 aliphatic rings. The second-order valence-electron chi connectivity index (χ2n) is 3.34. The first kappa shape index (κ1) is 7.55. The Labute approximate surface area is 81.3 Å². The van der Waals surface area contributed by atoms with Crippen LogP contribution >= 0.6 is 0 Å². The van der Waals surface area contributed by atoms with Crippen molar-refractivity contribution in [3.05, 3.63) is 36.4 Å². The molecule has 0 aromatic carbocycles. The van der Waals surface area contributed by atoms with Gasteiger partial charge in [-0.1, -0.05) is 6.07 Å². The molecule has 4 heteroatoms. The van der Waals surface area contributed by atoms with Crippen molar-refractivity contribution in [2.75, 3.05) is 0 Å². The lowest BCUT2D eigenvalue weighted by molar-refractivity contribution is 0.581. The number of aromatic nitrogens is 2. The van der Waals surface area contributed by atoms with Gasteiger partial charge in [-0.3, -0.25) is 5.43 Å². The van der Waals surface area contributed by atoms with Crippen LogP contribution in [0.4, 0.5) is 0 Å². The molecule has 1 unspecified atom stereocenters. The molecule has 0 spiro atoms. The molecule has 2 aromatic rings. The summed E-state index contributed by atoms with van der Waals surface area (Å²) in [4.78, 5) is 4.40. The summed E-state index contributed by atoms with van der Waals surface area (Å²) in [6.45, 7) is 0. The third kappa shape index (κ3) is 1.00. The lowest BCUT2D eigenvalue weighted by atomic mass is 10.2. The molecule has 0 bridgehead atoms. The summed E-state index contributed by atoms with van der Waals surface area (Å²) in [5.74, 6) is 1.03. The molecule has 1 atom stereocenters. The van der Waals surface area contributed by atoms with Crippen LogP contribution < -0.4 is 5.43 Å². The third-order valence-corrected chi connectivity index (χ3v) is 2.44. The molecule has 0 fully saturated rings. The molecule has 2 aromatic heterocycles. The normalized spacial score (nSPS) is 20.1. The Balaban J connectivity index is 2.12. The van der Waals surface area contributed by atoms with Crippen molar-refractivity contribution >= 4 is 11.7 Å². The van der Waals surface area contributed by atoms with Gasteiger partial charge in [-0.05, 0) is 12.1 Å². The summed E-state index contributed by atoms with van der Waals surface area (Å²) < 4.78 is 2.09. The molecule has 0 saturated carbocycles. The van der Waals surface area contributed by atoms with Gasteiger partial charge in [0.15, 0.2) is 0 Å². The highest BCUT2D eigenvalue weighted by Crippen LogP contribution is 2.18. The van der Waals surface area contributed by atoms with E-state index in [4.69, 9.17) is 0 Å². The molecule has 1 N–H and O–H groups in total. The standard InChI is InChI=1S/C10H10N4/c1-2-6-14-8(3-1)7-11-10(14)9-4-5-12-13-9/h1-3,5-7,9,13H,4H2. The summed E-state index contributed by atoms with van der Waals surface area (Å²) in [5.41, 5.74) is 4.16. The number of hydrazone groups is 1. The van der Waals surface area contributed by atoms with E-state index < -0.39 is 0 Å². The van der Waals surface area contributed by atoms with Crippen molar-refractivity contribution in [3.8, 4) is 0 Å². The Hall–Kier alpha value is -1.84. The minimum absolute atomic E-state index is 0.222. The van der Waals surface area contributed by atoms with E-state index in [0.29, 0.717) is 0 Å². The number of nitrogens with one attached hydrogen (secondary N) is 1. The lowest BCUT2D eigenvalue weighted by Gasteiger charge is -2.07. The number of hydrogen-bond acceptors (Lipinski definition) is 3. The van der Waals surface area contributed by atoms with Gasteiger partial charge in [-0.15, -0.1) is 0 Å². The van der Waals surface area contributed by atoms with Crippen LogP contribution in [0.5, 0.6) is 0 Å². The van der Waals surface area contributed by atoms with E-state index in [9.17, 15) is 0 Å². The van der Waals surface area contributed by atoms with E-state index in [1.165, 1.54) is 0 Å². The van der Waals surface area contributed by atoms with E-state index in [-0.39, 0.29) is 6.04 Å². The zero-order valence-electron chi connectivity index (χ0n) is 7.59. The Kier molecular flexibility index (Phi) is 1.53. The highest BCUT2D eigenvalue weighted by atomic mass is 15.3. The first-order chi connectivity index (χ1) is 6.95. The maximum Gasteiger partial charge on any atom is 0.137 e. The highest BCUT2D eigenvalue weighted by Gasteiger charge is 2.17. The van der Waals surface area contributed by atoms with Crippen molar-refractivity contribution in [2.45, 2.75) is 12.5 Å². The van der Waals surface area contributed by atoms with Crippen LogP contribution in [0.15, 0.2) is 35.7 Å². The molecule has 3 heterocycles. The van der Waals surface area contributed by atoms with Crippen LogP contribution in [-0.2, 0) is 0 Å². The van der Waals surface area contributed by atoms with Crippen molar-refractivity contribution in [3.63, 3.8) is 0 Å². The van der Waals surface area contributed by atoms with Crippen molar-refractivity contribution in [1.29, 1.82) is 0 Å². The monoisotopic (exact) mass is 186 g/mol. The topological polar surface area (TPSA) is 41.7 Å². The zero-order valence-corrected chi connectivity index (χ0v) is 7.59. The van der Waals surface area contributed by atoms with E-state index in [0.717, 1.165) is 17.8 Å². The Morgan fingerprint density at radius 3 is 3.29 bits per heavy atom. The molecule has 1 aliphatic heterocycles. The van der Waals surface area contributed by atoms with Crippen LogP contribution in [0.3, 0.4) is 0 Å². The van der Waals surface area contributed by atoms with Crippen LogP contribution in [0.25, 0.3) is 5.52 Å². The predicted octanol–water partition coefficient (Wildman–Crippen LogP) is 1.35. The Bertz CT molecular complexity index is 478. The van der Waals surface area contributed by atoms with Crippen LogP contribution in [0.2, 0.25) is 0 Å². The van der Waals surface area contributed by atoms with E-state index >= 15 is 0 Å². The molecule has 0 saturated heterocycles. The third-order valence-electron chi connectivity index (χ3n) is 2.44. The average molecular weight is 186 g/mol. The van der Waals surface area contributed by atoms with Gasteiger partial charge in [-0.25, -0.2) is 4.98 Å². The fourth-order valence-electron chi connectivity index (χ4n) is 1.74. The van der Waals surface area contributed by atoms with Crippen molar-refractivity contribution in [1.82, 2.24) is 14.8 Å². The lowest BCUT2D eigenvalue weighted by Crippen LogP contribution is -2.13. The molecule has 0 amide bonds. The number of pyridine rings is 1. The largest absolute Gasteiger partial charge is 0.302 e. The SMILES string of the molecule is C1=NNC(c2ncc3ccccn23)C1. The Morgan fingerprint density at radius 2 is 2.43 bits per heavy atom. The quantitative estimate of drug-likeness (QED) is 0.730. The first-order valence-electron chi connectivity index (χ1n) is 4.64. The number of imidazole rings is 1. The second kappa shape index (κ2) is 2.83. The highest BCUT2D eigenvalue weighted by molar-refractivity contribution is 5.60. The van der Waals surface area contributed by atoms with Crippen molar-refractivity contribution in [2.24, 2.45) is 5.10 Å². The minimum Gasteiger partial charge on any atom is -0.302 e. The van der Waals surface area contributed by atoms with Gasteiger partial charge >= 0.3 is 0 Å². The van der Waals surface area contributed by atoms with E-state index in [1.807, 2.05) is 36.8 Å². The number of hydrogen-bond donors (Lipinski definition) is 1. The molecule has 70 valence electrons. The summed E-state index contributed by atoms with van der Waals surface area (Å²) in [6.07, 6.45) is 6.70. The summed E-state index contributed by atoms with van der Waals surface area (Å²) in [7, 11) is 0. The second-order valence-corrected chi connectivity index (χ2v) is 3.34. The molecule has 0 aliphatic carbocycles. The van der Waals surface area contributed by atoms with Gasteiger partial charge in [0.25, 0.3) is 0 Å². The van der Waals surface area contributed by atoms with Gasteiger partial charge in [0, 0.05) is 18.8 Å². The summed E-state index contributed by atoms with van der Waals surface area (Å²) in [5, 5.41) is 4.00. The maximum absolute atomic E-state index is 4.40. The fourth-order valence-corrected chi connectivity index (χ4v) is 1.74. The molecule has 4 nitrogen and oxygen atoms in total. The number of fused-ring (bicyclic) bond motifs is 1. The molecule has 0 radical (unpaired) electrons. The summed E-state index contributed by atoms with van der Waals surface area (Å²) in [6, 6.07) is 6.29. The molecular formula is C10H10N4. The zero-order chi connectivity index (χ0) is 9.38. The van der Waals surface area contributed by atoms with Gasteiger partial charge in [0.05, 0.1) is 11.7 Å². The van der Waals surface area contributed by atoms with Gasteiger partial charge < -0.3 is 4.40 Å². The van der Waals surface area contributed by atoms with Crippen LogP contribution in [0, 0.1) is 0 Å². The average Bonchev–Trinajstić information content (AvgIpc) is 2.85. The molecule has 14 heavy (non-hydrogen) atoms. The fraction of sp³-hybridized carbons (Fsp3) is 0.200. The smallest absolute Gasteiger partial charge is 0.137 e. The first-order valence-corrected chi connectivity index (χ1v) is 4.64. The van der Waals surface area contributed by atoms with E-state index in [1.54, 1.807) is 0 Å². The van der Waals surface area contributed by atoms with E-state index in [2.05, 4.69) is 19.9 Å². The van der Waals surface area contributed by atoms with Crippen LogP contribution in [0.1, 0.15) is 18.3 Å². The van der Waals surface area contributed by atoms with Gasteiger partial charge in [-0.2, -0.15) is 5.10 Å². The molecular weight excluding hydrogens is 176 g/mol. The predicted molar refractivity (Wildman–Crippen MR) is 54.2 cm³/mol. The Morgan fingerprint density at radius 1 is 1.43 bits per heavy atom. The van der Waals surface area contributed by atoms with Gasteiger partial charge in [0.1, 0.15) is 11.9 Å². The van der Waals surface area contributed by atoms with Gasteiger partial charge in [0.2, 0.25) is 0 Å². The minimum atomic E-state index is 0.222.